The van der Waals surface area contributed by atoms with Crippen LogP contribution in [0.5, 0.6) is 5.75 Å². The van der Waals surface area contributed by atoms with Crippen molar-refractivity contribution < 1.29 is 19.1 Å². The number of carbonyl (C=O) groups is 2. The van der Waals surface area contributed by atoms with E-state index >= 15 is 0 Å². The highest BCUT2D eigenvalue weighted by Gasteiger charge is 2.24. The Morgan fingerprint density at radius 3 is 2.56 bits per heavy atom. The highest BCUT2D eigenvalue weighted by Crippen LogP contribution is 2.36. The molecule has 0 aliphatic heterocycles. The Kier molecular flexibility index (Phi) is 10.3. The van der Waals surface area contributed by atoms with E-state index in [0.29, 0.717) is 44.4 Å². The topological polar surface area (TPSA) is 95.3 Å². The van der Waals surface area contributed by atoms with E-state index < -0.39 is 12.1 Å². The van der Waals surface area contributed by atoms with Crippen molar-refractivity contribution in [1.29, 1.82) is 0 Å². The molecule has 2 aromatic carbocycles. The van der Waals surface area contributed by atoms with Crippen LogP contribution in [0.2, 0.25) is 5.02 Å². The van der Waals surface area contributed by atoms with Crippen molar-refractivity contribution in [3.63, 3.8) is 0 Å². The molecule has 2 aromatic heterocycles. The molecule has 41 heavy (non-hydrogen) atoms. The zero-order valence-electron chi connectivity index (χ0n) is 23.3. The Bertz CT molecular complexity index is 1530. The first-order chi connectivity index (χ1) is 19.7. The van der Waals surface area contributed by atoms with Crippen LogP contribution in [-0.4, -0.2) is 39.0 Å². The first-order valence-corrected chi connectivity index (χ1v) is 15.2. The van der Waals surface area contributed by atoms with Gasteiger partial charge in [-0.2, -0.15) is 0 Å². The van der Waals surface area contributed by atoms with Crippen LogP contribution in [0.25, 0.3) is 11.1 Å². The average molecular weight is 611 g/mol. The number of aryl methyl sites for hydroxylation is 2. The average Bonchev–Trinajstić information content (AvgIpc) is 3.55. The third kappa shape index (κ3) is 7.19. The van der Waals surface area contributed by atoms with E-state index in [2.05, 4.69) is 22.1 Å². The zero-order valence-corrected chi connectivity index (χ0v) is 25.7. The fourth-order valence-corrected chi connectivity index (χ4v) is 6.06. The lowest BCUT2D eigenvalue weighted by molar-refractivity contribution is -0.113. The number of hydrogen-bond acceptors (Lipinski definition) is 8. The molecule has 0 aliphatic carbocycles. The van der Waals surface area contributed by atoms with Crippen LogP contribution in [-0.2, 0) is 16.1 Å². The Hall–Kier alpha value is -3.60. The van der Waals surface area contributed by atoms with Crippen LogP contribution in [0, 0.1) is 13.8 Å². The Balaban J connectivity index is 1.48. The molecule has 0 spiro atoms. The molecule has 0 saturated carbocycles. The number of amides is 1. The standard InChI is InChI=1S/C30H31ClN4O4S2/c1-6-13-35-27(20(5)39-22-14-18(3)26(31)19(4)15-22)33-34-30(35)41-17-24(36)32-28-25(29(37)38-7-2)23(16-40-28)21-11-9-8-10-12-21/h6,8-12,14-16,20H,1,7,13,17H2,2-5H3,(H,32,36). The van der Waals surface area contributed by atoms with Gasteiger partial charge in [0.15, 0.2) is 17.1 Å². The van der Waals surface area contributed by atoms with Gasteiger partial charge < -0.3 is 14.8 Å². The van der Waals surface area contributed by atoms with Gasteiger partial charge in [-0.05, 0) is 56.5 Å². The fourth-order valence-electron chi connectivity index (χ4n) is 4.22. The highest BCUT2D eigenvalue weighted by molar-refractivity contribution is 7.99. The van der Waals surface area contributed by atoms with Crippen molar-refractivity contribution >= 4 is 51.6 Å². The number of anilines is 1. The molecule has 1 N–H and O–H groups in total. The summed E-state index contributed by atoms with van der Waals surface area (Å²) in [6, 6.07) is 13.3. The van der Waals surface area contributed by atoms with Crippen LogP contribution in [0.15, 0.2) is 65.7 Å². The lowest BCUT2D eigenvalue weighted by Gasteiger charge is -2.17. The summed E-state index contributed by atoms with van der Waals surface area (Å²) in [6.07, 6.45) is 1.32. The molecule has 11 heteroatoms. The van der Waals surface area contributed by atoms with E-state index in [4.69, 9.17) is 21.1 Å². The van der Waals surface area contributed by atoms with Crippen LogP contribution in [0.4, 0.5) is 5.00 Å². The lowest BCUT2D eigenvalue weighted by Crippen LogP contribution is -2.17. The molecule has 0 aliphatic rings. The van der Waals surface area contributed by atoms with Crippen LogP contribution in [0.1, 0.15) is 47.3 Å². The summed E-state index contributed by atoms with van der Waals surface area (Å²) in [7, 11) is 0. The summed E-state index contributed by atoms with van der Waals surface area (Å²) < 4.78 is 13.3. The second-order valence-electron chi connectivity index (χ2n) is 9.15. The number of rotatable bonds is 12. The molecule has 4 rings (SSSR count). The minimum atomic E-state index is -0.481. The first kappa shape index (κ1) is 30.4. The second-order valence-corrected chi connectivity index (χ2v) is 11.3. The summed E-state index contributed by atoms with van der Waals surface area (Å²) in [6.45, 7) is 12.0. The predicted molar refractivity (Wildman–Crippen MR) is 165 cm³/mol. The summed E-state index contributed by atoms with van der Waals surface area (Å²) in [5.41, 5.74) is 3.78. The maximum absolute atomic E-state index is 13.0. The minimum absolute atomic E-state index is 0.0565. The van der Waals surface area contributed by atoms with Gasteiger partial charge in [-0.25, -0.2) is 4.79 Å². The van der Waals surface area contributed by atoms with Crippen molar-refractivity contribution in [1.82, 2.24) is 14.8 Å². The molecule has 1 unspecified atom stereocenters. The summed E-state index contributed by atoms with van der Waals surface area (Å²) in [5, 5.41) is 15.1. The summed E-state index contributed by atoms with van der Waals surface area (Å²) >= 11 is 8.82. The van der Waals surface area contributed by atoms with E-state index in [-0.39, 0.29) is 18.3 Å². The number of ether oxygens (including phenoxy) is 2. The van der Waals surface area contributed by atoms with Crippen LogP contribution in [0.3, 0.4) is 0 Å². The maximum Gasteiger partial charge on any atom is 0.341 e. The lowest BCUT2D eigenvalue weighted by atomic mass is 10.0. The largest absolute Gasteiger partial charge is 0.483 e. The van der Waals surface area contributed by atoms with E-state index in [0.717, 1.165) is 16.7 Å². The number of nitrogens with one attached hydrogen (secondary N) is 1. The smallest absolute Gasteiger partial charge is 0.341 e. The number of thiophene rings is 1. The van der Waals surface area contributed by atoms with Gasteiger partial charge in [0.1, 0.15) is 16.3 Å². The molecular formula is C30H31ClN4O4S2. The molecule has 1 amide bonds. The third-order valence-corrected chi connectivity index (χ3v) is 8.54. The third-order valence-electron chi connectivity index (χ3n) is 6.08. The van der Waals surface area contributed by atoms with E-state index in [1.54, 1.807) is 13.0 Å². The van der Waals surface area contributed by atoms with E-state index in [1.165, 1.54) is 23.1 Å². The number of allylic oxidation sites excluding steroid dienone is 1. The molecule has 1 atom stereocenters. The van der Waals surface area contributed by atoms with Gasteiger partial charge in [0.25, 0.3) is 0 Å². The van der Waals surface area contributed by atoms with Gasteiger partial charge in [-0.15, -0.1) is 28.1 Å². The number of thioether (sulfide) groups is 1. The molecule has 0 bridgehead atoms. The van der Waals surface area contributed by atoms with Crippen molar-refractivity contribution in [3.05, 3.63) is 88.0 Å². The quantitative estimate of drug-likeness (QED) is 0.101. The number of benzene rings is 2. The maximum atomic E-state index is 13.0. The van der Waals surface area contributed by atoms with Crippen molar-refractivity contribution in [3.8, 4) is 16.9 Å². The van der Waals surface area contributed by atoms with Gasteiger partial charge in [0.05, 0.1) is 12.4 Å². The van der Waals surface area contributed by atoms with Crippen molar-refractivity contribution in [2.45, 2.75) is 45.5 Å². The number of halogens is 1. The number of esters is 1. The number of nitrogens with zero attached hydrogens (tertiary/aromatic N) is 3. The minimum Gasteiger partial charge on any atom is -0.483 e. The number of hydrogen-bond donors (Lipinski definition) is 1. The van der Waals surface area contributed by atoms with Crippen LogP contribution >= 0.6 is 34.7 Å². The van der Waals surface area contributed by atoms with Gasteiger partial charge in [-0.3, -0.25) is 9.36 Å². The Labute approximate surface area is 252 Å². The van der Waals surface area contributed by atoms with E-state index in [9.17, 15) is 9.59 Å². The van der Waals surface area contributed by atoms with Gasteiger partial charge in [-0.1, -0.05) is 59.8 Å². The molecular weight excluding hydrogens is 580 g/mol. The molecule has 0 radical (unpaired) electrons. The SMILES string of the molecule is C=CCn1c(SCC(=O)Nc2scc(-c3ccccc3)c2C(=O)OCC)nnc1C(C)Oc1cc(C)c(Cl)c(C)c1. The zero-order chi connectivity index (χ0) is 29.5. The number of carbonyl (C=O) groups excluding carboxylic acids is 2. The molecule has 2 heterocycles. The van der Waals surface area contributed by atoms with E-state index in [1.807, 2.05) is 73.2 Å². The van der Waals surface area contributed by atoms with Crippen LogP contribution < -0.4 is 10.1 Å². The summed E-state index contributed by atoms with van der Waals surface area (Å²) in [5.74, 6) is 0.579. The predicted octanol–water partition coefficient (Wildman–Crippen LogP) is 7.51. The van der Waals surface area contributed by atoms with Crippen molar-refractivity contribution in [2.75, 3.05) is 17.7 Å². The first-order valence-electron chi connectivity index (χ1n) is 13.0. The molecule has 4 aromatic rings. The molecule has 214 valence electrons. The normalized spacial score (nSPS) is 11.6. The summed E-state index contributed by atoms with van der Waals surface area (Å²) in [4.78, 5) is 25.8. The number of aromatic nitrogens is 3. The highest BCUT2D eigenvalue weighted by atomic mass is 35.5. The van der Waals surface area contributed by atoms with Crippen molar-refractivity contribution in [2.24, 2.45) is 0 Å². The second kappa shape index (κ2) is 13.8. The van der Waals surface area contributed by atoms with Gasteiger partial charge >= 0.3 is 5.97 Å². The molecule has 0 saturated heterocycles. The van der Waals surface area contributed by atoms with Gasteiger partial charge in [0, 0.05) is 22.5 Å². The monoisotopic (exact) mass is 610 g/mol. The Morgan fingerprint density at radius 1 is 1.20 bits per heavy atom. The van der Waals surface area contributed by atoms with Gasteiger partial charge in [0.2, 0.25) is 5.91 Å². The Morgan fingerprint density at radius 2 is 1.90 bits per heavy atom. The molecule has 0 fully saturated rings. The molecule has 8 nitrogen and oxygen atoms in total. The fraction of sp³-hybridized carbons (Fsp3) is 0.267.